The third-order valence-electron chi connectivity index (χ3n) is 5.06. The van der Waals surface area contributed by atoms with Gasteiger partial charge in [-0.15, -0.1) is 0 Å². The largest absolute Gasteiger partial charge is 0.374 e. The predicted octanol–water partition coefficient (Wildman–Crippen LogP) is 4.64. The number of hydrogen-bond donors (Lipinski definition) is 1. The summed E-state index contributed by atoms with van der Waals surface area (Å²) >= 11 is 12.5. The molecule has 0 bridgehead atoms. The number of halogens is 2. The number of ether oxygens (including phenoxy) is 1. The van der Waals surface area contributed by atoms with Gasteiger partial charge in [0.2, 0.25) is 10.0 Å². The number of carbonyl (C=O) groups excluding carboxylic acids is 1. The number of carbonyl (C=O) groups is 1. The Morgan fingerprint density at radius 3 is 2.66 bits per heavy atom. The zero-order valence-corrected chi connectivity index (χ0v) is 17.9. The topological polar surface area (TPSA) is 75.7 Å². The Morgan fingerprint density at radius 1 is 1.14 bits per heavy atom. The van der Waals surface area contributed by atoms with Gasteiger partial charge < -0.3 is 10.1 Å². The van der Waals surface area contributed by atoms with Gasteiger partial charge in [-0.1, -0.05) is 23.2 Å². The fourth-order valence-corrected chi connectivity index (χ4v) is 5.68. The van der Waals surface area contributed by atoms with Crippen molar-refractivity contribution in [1.82, 2.24) is 0 Å². The number of nitrogens with one attached hydrogen (secondary N) is 1. The lowest BCUT2D eigenvalue weighted by Gasteiger charge is -2.18. The van der Waals surface area contributed by atoms with Crippen LogP contribution in [0, 0.1) is 0 Å². The highest BCUT2D eigenvalue weighted by Crippen LogP contribution is 2.33. The van der Waals surface area contributed by atoms with Crippen molar-refractivity contribution < 1.29 is 17.9 Å². The summed E-state index contributed by atoms with van der Waals surface area (Å²) in [6.45, 7) is 1.10. The van der Waals surface area contributed by atoms with E-state index in [1.807, 2.05) is 12.1 Å². The van der Waals surface area contributed by atoms with E-state index in [4.69, 9.17) is 27.9 Å². The highest BCUT2D eigenvalue weighted by atomic mass is 35.5. The van der Waals surface area contributed by atoms with Gasteiger partial charge in [0.05, 0.1) is 28.1 Å². The van der Waals surface area contributed by atoms with E-state index in [1.165, 1.54) is 16.4 Å². The molecule has 2 heterocycles. The molecule has 4 rings (SSSR count). The van der Waals surface area contributed by atoms with Gasteiger partial charge in [-0.2, -0.15) is 0 Å². The highest BCUT2D eigenvalue weighted by Gasteiger charge is 2.29. The smallest absolute Gasteiger partial charge is 0.257 e. The van der Waals surface area contributed by atoms with Gasteiger partial charge in [-0.3, -0.25) is 9.10 Å². The molecule has 2 aromatic rings. The fraction of sp³-hybridized carbons (Fsp3) is 0.350. The first-order valence-corrected chi connectivity index (χ1v) is 11.7. The van der Waals surface area contributed by atoms with Crippen molar-refractivity contribution in [2.45, 2.75) is 25.4 Å². The van der Waals surface area contributed by atoms with E-state index < -0.39 is 15.9 Å². The second-order valence-corrected chi connectivity index (χ2v) is 9.99. The molecule has 0 spiro atoms. The first-order valence-electron chi connectivity index (χ1n) is 9.37. The summed E-state index contributed by atoms with van der Waals surface area (Å²) in [5.41, 5.74) is 2.07. The van der Waals surface area contributed by atoms with Crippen molar-refractivity contribution >= 4 is 50.5 Å². The number of anilines is 2. The normalized spacial score (nSPS) is 20.8. The Morgan fingerprint density at radius 2 is 1.97 bits per heavy atom. The lowest BCUT2D eigenvalue weighted by Crippen LogP contribution is -2.25. The summed E-state index contributed by atoms with van der Waals surface area (Å²) in [6.07, 6.45) is 2.42. The minimum absolute atomic E-state index is 0.0309. The molecule has 2 aliphatic rings. The maximum Gasteiger partial charge on any atom is 0.257 e. The molecule has 1 amide bonds. The maximum absolute atomic E-state index is 12.9. The standard InChI is InChI=1S/C20H20Cl2N2O4S/c21-14-9-13(19-3-1-7-28-19)10-15(11-14)23-20(25)17-12-16(4-5-18(17)22)24-6-2-8-29(24,26)27/h4-5,9-12,19H,1-3,6-8H2,(H,23,25)/t19-/m0/s1. The van der Waals surface area contributed by atoms with Gasteiger partial charge in [-0.05, 0) is 61.2 Å². The molecule has 2 aliphatic heterocycles. The number of hydrogen-bond acceptors (Lipinski definition) is 4. The van der Waals surface area contributed by atoms with Gasteiger partial charge in [-0.25, -0.2) is 8.42 Å². The van der Waals surface area contributed by atoms with Crippen LogP contribution in [0.1, 0.15) is 41.3 Å². The molecular formula is C20H20Cl2N2O4S. The molecule has 1 atom stereocenters. The molecule has 0 unspecified atom stereocenters. The summed E-state index contributed by atoms with van der Waals surface area (Å²) in [5, 5.41) is 3.55. The predicted molar refractivity (Wildman–Crippen MR) is 115 cm³/mol. The number of nitrogens with zero attached hydrogens (tertiary/aromatic N) is 1. The average molecular weight is 455 g/mol. The van der Waals surface area contributed by atoms with E-state index in [0.29, 0.717) is 36.0 Å². The Labute approximate surface area is 179 Å². The number of amides is 1. The fourth-order valence-electron chi connectivity index (χ4n) is 3.68. The maximum atomic E-state index is 12.9. The van der Waals surface area contributed by atoms with Crippen molar-refractivity contribution in [3.8, 4) is 0 Å². The van der Waals surface area contributed by atoms with Crippen LogP contribution >= 0.6 is 23.2 Å². The second kappa shape index (κ2) is 8.14. The molecule has 2 saturated heterocycles. The molecule has 6 nitrogen and oxygen atoms in total. The number of sulfonamides is 1. The molecular weight excluding hydrogens is 435 g/mol. The summed E-state index contributed by atoms with van der Waals surface area (Å²) in [6, 6.07) is 9.97. The molecule has 154 valence electrons. The van der Waals surface area contributed by atoms with Gasteiger partial charge in [0, 0.05) is 23.9 Å². The lowest BCUT2D eigenvalue weighted by molar-refractivity contribution is 0.102. The van der Waals surface area contributed by atoms with Gasteiger partial charge in [0.1, 0.15) is 0 Å². The van der Waals surface area contributed by atoms with Crippen LogP contribution < -0.4 is 9.62 Å². The molecule has 2 fully saturated rings. The second-order valence-electron chi connectivity index (χ2n) is 7.13. The van der Waals surface area contributed by atoms with Crippen LogP contribution in [0.4, 0.5) is 11.4 Å². The Kier molecular flexibility index (Phi) is 5.75. The van der Waals surface area contributed by atoms with E-state index >= 15 is 0 Å². The number of rotatable bonds is 4. The lowest BCUT2D eigenvalue weighted by atomic mass is 10.1. The highest BCUT2D eigenvalue weighted by molar-refractivity contribution is 7.93. The Hall–Kier alpha value is -1.80. The van der Waals surface area contributed by atoms with Crippen molar-refractivity contribution in [3.63, 3.8) is 0 Å². The molecule has 9 heteroatoms. The van der Waals surface area contributed by atoms with E-state index in [2.05, 4.69) is 5.32 Å². The minimum Gasteiger partial charge on any atom is -0.374 e. The summed E-state index contributed by atoms with van der Waals surface area (Å²) in [5.74, 6) is -0.333. The first-order chi connectivity index (χ1) is 13.8. The molecule has 0 radical (unpaired) electrons. The van der Waals surface area contributed by atoms with Crippen molar-refractivity contribution in [2.24, 2.45) is 0 Å². The van der Waals surface area contributed by atoms with Crippen molar-refractivity contribution in [2.75, 3.05) is 28.5 Å². The summed E-state index contributed by atoms with van der Waals surface area (Å²) in [7, 11) is -3.35. The Bertz CT molecular complexity index is 1050. The molecule has 0 aliphatic carbocycles. The van der Waals surface area contributed by atoms with Crippen molar-refractivity contribution in [1.29, 1.82) is 0 Å². The van der Waals surface area contributed by atoms with E-state index in [9.17, 15) is 13.2 Å². The van der Waals surface area contributed by atoms with Gasteiger partial charge >= 0.3 is 0 Å². The zero-order chi connectivity index (χ0) is 20.6. The zero-order valence-electron chi connectivity index (χ0n) is 15.5. The Balaban J connectivity index is 1.59. The quantitative estimate of drug-likeness (QED) is 0.729. The summed E-state index contributed by atoms with van der Waals surface area (Å²) in [4.78, 5) is 12.9. The molecule has 1 N–H and O–H groups in total. The molecule has 0 aromatic heterocycles. The molecule has 29 heavy (non-hydrogen) atoms. The minimum atomic E-state index is -3.35. The van der Waals surface area contributed by atoms with Gasteiger partial charge in [0.15, 0.2) is 0 Å². The molecule has 2 aromatic carbocycles. The average Bonchev–Trinajstić information content (AvgIpc) is 3.31. The van der Waals surface area contributed by atoms with E-state index in [-0.39, 0.29) is 22.4 Å². The van der Waals surface area contributed by atoms with Crippen LogP contribution in [0.5, 0.6) is 0 Å². The SMILES string of the molecule is O=C(Nc1cc(Cl)cc([C@@H]2CCCO2)c1)c1cc(N2CCCS2(=O)=O)ccc1Cl. The van der Waals surface area contributed by atoms with Crippen molar-refractivity contribution in [3.05, 3.63) is 57.6 Å². The van der Waals surface area contributed by atoms with E-state index in [0.717, 1.165) is 18.4 Å². The monoisotopic (exact) mass is 454 g/mol. The van der Waals surface area contributed by atoms with Gasteiger partial charge in [0.25, 0.3) is 5.91 Å². The van der Waals surface area contributed by atoms with Crippen LogP contribution in [0.2, 0.25) is 10.0 Å². The third-order valence-corrected chi connectivity index (χ3v) is 7.48. The third kappa shape index (κ3) is 4.38. The van der Waals surface area contributed by atoms with Crippen LogP contribution in [-0.2, 0) is 14.8 Å². The summed E-state index contributed by atoms with van der Waals surface area (Å²) < 4.78 is 31.4. The number of benzene rings is 2. The molecule has 0 saturated carbocycles. The first kappa shape index (κ1) is 20.5. The van der Waals surface area contributed by atoms with Crippen LogP contribution in [-0.4, -0.2) is 33.2 Å². The van der Waals surface area contributed by atoms with Crippen LogP contribution in [0.3, 0.4) is 0 Å². The van der Waals surface area contributed by atoms with Crippen LogP contribution in [0.25, 0.3) is 0 Å². The van der Waals surface area contributed by atoms with E-state index in [1.54, 1.807) is 12.1 Å². The van der Waals surface area contributed by atoms with Crippen LogP contribution in [0.15, 0.2) is 36.4 Å².